The molecule has 15 nitrogen and oxygen atoms in total. The van der Waals surface area contributed by atoms with Crippen LogP contribution in [-0.2, 0) is 38.0 Å². The lowest BCUT2D eigenvalue weighted by molar-refractivity contribution is -0.332. The molecular weight excluding hydrogens is 756 g/mol. The molecular formula is C43H76O15. The summed E-state index contributed by atoms with van der Waals surface area (Å²) < 4.78 is 33.3. The van der Waals surface area contributed by atoms with Gasteiger partial charge >= 0.3 is 11.9 Å². The van der Waals surface area contributed by atoms with Crippen LogP contribution in [0.1, 0.15) is 142 Å². The van der Waals surface area contributed by atoms with Crippen LogP contribution in [0.25, 0.3) is 0 Å². The Morgan fingerprint density at radius 1 is 0.534 bits per heavy atom. The van der Waals surface area contributed by atoms with Crippen molar-refractivity contribution in [2.75, 3.05) is 26.4 Å². The van der Waals surface area contributed by atoms with E-state index in [9.17, 15) is 45.3 Å². The van der Waals surface area contributed by atoms with Crippen molar-refractivity contribution in [3.05, 3.63) is 24.3 Å². The zero-order chi connectivity index (χ0) is 42.5. The van der Waals surface area contributed by atoms with Gasteiger partial charge in [-0.1, -0.05) is 95.9 Å². The molecule has 2 fully saturated rings. The second-order valence-electron chi connectivity index (χ2n) is 15.5. The van der Waals surface area contributed by atoms with Crippen LogP contribution in [0.15, 0.2) is 24.3 Å². The van der Waals surface area contributed by atoms with Gasteiger partial charge in [0.1, 0.15) is 55.4 Å². The summed E-state index contributed by atoms with van der Waals surface area (Å²) in [6.07, 6.45) is 10.9. The highest BCUT2D eigenvalue weighted by Gasteiger charge is 2.47. The first-order chi connectivity index (χ1) is 28.0. The Hall–Kier alpha value is -2.02. The first kappa shape index (κ1) is 52.1. The van der Waals surface area contributed by atoms with Crippen LogP contribution >= 0.6 is 0 Å². The fraction of sp³-hybridized carbons (Fsp3) is 0.860. The second-order valence-corrected chi connectivity index (χ2v) is 15.5. The summed E-state index contributed by atoms with van der Waals surface area (Å²) in [7, 11) is 0. The molecule has 0 radical (unpaired) electrons. The minimum absolute atomic E-state index is 0.154. The van der Waals surface area contributed by atoms with Gasteiger partial charge in [-0.2, -0.15) is 0 Å². The van der Waals surface area contributed by atoms with Crippen LogP contribution in [0.3, 0.4) is 0 Å². The minimum atomic E-state index is -1.76. The minimum Gasteiger partial charge on any atom is -0.462 e. The molecule has 7 N–H and O–H groups in total. The van der Waals surface area contributed by atoms with E-state index < -0.39 is 92.7 Å². The summed E-state index contributed by atoms with van der Waals surface area (Å²) in [6, 6.07) is 0. The van der Waals surface area contributed by atoms with Gasteiger partial charge in [0, 0.05) is 12.8 Å². The highest BCUT2D eigenvalue weighted by atomic mass is 16.7. The van der Waals surface area contributed by atoms with Crippen molar-refractivity contribution in [2.45, 2.75) is 210 Å². The van der Waals surface area contributed by atoms with Crippen molar-refractivity contribution in [3.63, 3.8) is 0 Å². The quantitative estimate of drug-likeness (QED) is 0.0288. The highest BCUT2D eigenvalue weighted by molar-refractivity contribution is 5.70. The lowest BCUT2D eigenvalue weighted by Gasteiger charge is -2.42. The van der Waals surface area contributed by atoms with E-state index in [4.69, 9.17) is 28.4 Å². The van der Waals surface area contributed by atoms with Crippen LogP contribution in [0.2, 0.25) is 0 Å². The maximum Gasteiger partial charge on any atom is 0.306 e. The number of allylic oxidation sites excluding steroid dienone is 4. The van der Waals surface area contributed by atoms with Crippen molar-refractivity contribution in [2.24, 2.45) is 0 Å². The summed E-state index contributed by atoms with van der Waals surface area (Å²) >= 11 is 0. The molecule has 0 bridgehead atoms. The predicted molar refractivity (Wildman–Crippen MR) is 215 cm³/mol. The van der Waals surface area contributed by atoms with Gasteiger partial charge in [-0.05, 0) is 57.8 Å². The van der Waals surface area contributed by atoms with Crippen molar-refractivity contribution in [1.82, 2.24) is 0 Å². The van der Waals surface area contributed by atoms with E-state index in [1.807, 2.05) is 0 Å². The molecule has 0 aromatic rings. The van der Waals surface area contributed by atoms with Gasteiger partial charge in [-0.15, -0.1) is 0 Å². The van der Waals surface area contributed by atoms with Crippen molar-refractivity contribution in [1.29, 1.82) is 0 Å². The van der Waals surface area contributed by atoms with Crippen molar-refractivity contribution >= 4 is 11.9 Å². The molecule has 15 heteroatoms. The van der Waals surface area contributed by atoms with E-state index in [0.717, 1.165) is 83.5 Å². The number of rotatable bonds is 32. The topological polar surface area (TPSA) is 231 Å². The maximum absolute atomic E-state index is 12.9. The predicted octanol–water partition coefficient (Wildman–Crippen LogP) is 4.04. The number of aliphatic hydroxyl groups excluding tert-OH is 7. The summed E-state index contributed by atoms with van der Waals surface area (Å²) in [5.74, 6) is -0.951. The van der Waals surface area contributed by atoms with E-state index >= 15 is 0 Å². The van der Waals surface area contributed by atoms with Gasteiger partial charge in [-0.25, -0.2) is 0 Å². The molecule has 11 atom stereocenters. The van der Waals surface area contributed by atoms with E-state index in [1.54, 1.807) is 0 Å². The zero-order valence-electron chi connectivity index (χ0n) is 35.0. The molecule has 2 saturated heterocycles. The molecule has 0 aromatic carbocycles. The number of hydrogen-bond acceptors (Lipinski definition) is 15. The monoisotopic (exact) mass is 833 g/mol. The van der Waals surface area contributed by atoms with E-state index in [-0.39, 0.29) is 26.1 Å². The lowest BCUT2D eigenvalue weighted by Crippen LogP contribution is -2.61. The highest BCUT2D eigenvalue weighted by Crippen LogP contribution is 2.26. The molecule has 2 aliphatic rings. The van der Waals surface area contributed by atoms with Gasteiger partial charge in [0.25, 0.3) is 0 Å². The standard InChI is InChI=1S/C43H76O15/c1-3-5-7-9-11-13-15-16-18-20-22-24-26-35(46)56-31(28-53-34(45)25-23-21-19-17-14-12-10-8-6-4-2)29-54-42-41(52)39(50)37(48)33(58-42)30-55-43-40(51)38(49)36(47)32(27-44)57-43/h8,10-11,13,31-33,36-44,47-52H,3-7,9,12,14-30H2,1-2H3/b10-8-,13-11-. The number of carbonyl (C=O) groups excluding carboxylic acids is 2. The first-order valence-electron chi connectivity index (χ1n) is 21.9. The molecule has 0 aromatic heterocycles. The molecule has 2 rings (SSSR count). The van der Waals surface area contributed by atoms with E-state index in [0.29, 0.717) is 12.8 Å². The molecule has 338 valence electrons. The Labute approximate surface area is 345 Å². The Kier molecular flexibility index (Phi) is 28.6. The Morgan fingerprint density at radius 3 is 1.59 bits per heavy atom. The SMILES string of the molecule is CCC/C=C\CCCCCCCC(=O)OCC(COC1OC(COC2OC(CO)C(O)C(O)C2O)C(O)C(O)C1O)OC(=O)CCCCCCC/C=C\CCCCC. The van der Waals surface area contributed by atoms with Crippen LogP contribution in [-0.4, -0.2) is 142 Å². The third kappa shape index (κ3) is 21.0. The van der Waals surface area contributed by atoms with Crippen molar-refractivity contribution < 1.29 is 73.8 Å². The second kappa shape index (κ2) is 31.8. The normalized spacial score (nSPS) is 28.3. The van der Waals surface area contributed by atoms with Crippen LogP contribution in [0.4, 0.5) is 0 Å². The maximum atomic E-state index is 12.9. The van der Waals surface area contributed by atoms with E-state index in [1.165, 1.54) is 19.3 Å². The van der Waals surface area contributed by atoms with Gasteiger partial charge in [-0.3, -0.25) is 9.59 Å². The smallest absolute Gasteiger partial charge is 0.306 e. The molecule has 0 amide bonds. The number of hydrogen-bond donors (Lipinski definition) is 7. The molecule has 2 aliphatic heterocycles. The average molecular weight is 833 g/mol. The third-order valence-electron chi connectivity index (χ3n) is 10.4. The molecule has 2 heterocycles. The average Bonchev–Trinajstić information content (AvgIpc) is 3.21. The Morgan fingerprint density at radius 2 is 1.02 bits per heavy atom. The number of esters is 2. The molecule has 0 saturated carbocycles. The molecule has 0 aliphatic carbocycles. The van der Waals surface area contributed by atoms with Crippen LogP contribution < -0.4 is 0 Å². The Balaban J connectivity index is 1.88. The summed E-state index contributed by atoms with van der Waals surface area (Å²) in [6.45, 7) is 2.45. The molecule has 58 heavy (non-hydrogen) atoms. The lowest BCUT2D eigenvalue weighted by atomic mass is 9.98. The third-order valence-corrected chi connectivity index (χ3v) is 10.4. The fourth-order valence-corrected chi connectivity index (χ4v) is 6.68. The molecule has 0 spiro atoms. The zero-order valence-corrected chi connectivity index (χ0v) is 35.0. The van der Waals surface area contributed by atoms with Gasteiger partial charge in [0.15, 0.2) is 18.7 Å². The summed E-state index contributed by atoms with van der Waals surface area (Å²) in [5, 5.41) is 71.7. The summed E-state index contributed by atoms with van der Waals surface area (Å²) in [4.78, 5) is 25.5. The Bertz CT molecular complexity index is 1120. The van der Waals surface area contributed by atoms with Crippen LogP contribution in [0, 0.1) is 0 Å². The van der Waals surface area contributed by atoms with Crippen LogP contribution in [0.5, 0.6) is 0 Å². The van der Waals surface area contributed by atoms with Crippen molar-refractivity contribution in [3.8, 4) is 0 Å². The van der Waals surface area contributed by atoms with E-state index in [2.05, 4.69) is 38.2 Å². The molecule has 11 unspecified atom stereocenters. The van der Waals surface area contributed by atoms with Gasteiger partial charge in [0.2, 0.25) is 0 Å². The summed E-state index contributed by atoms with van der Waals surface area (Å²) in [5.41, 5.74) is 0. The number of aliphatic hydroxyl groups is 7. The number of carbonyl (C=O) groups is 2. The van der Waals surface area contributed by atoms with Gasteiger partial charge in [0.05, 0.1) is 19.8 Å². The van der Waals surface area contributed by atoms with Gasteiger partial charge < -0.3 is 64.2 Å². The fourth-order valence-electron chi connectivity index (χ4n) is 6.68. The number of ether oxygens (including phenoxy) is 6. The number of unbranched alkanes of at least 4 members (excludes halogenated alkanes) is 14. The first-order valence-corrected chi connectivity index (χ1v) is 21.9. The largest absolute Gasteiger partial charge is 0.462 e.